The van der Waals surface area contributed by atoms with E-state index in [2.05, 4.69) is 10.3 Å². The second-order valence-electron chi connectivity index (χ2n) is 5.76. The highest BCUT2D eigenvalue weighted by Gasteiger charge is 2.14. The minimum Gasteiger partial charge on any atom is -0.497 e. The summed E-state index contributed by atoms with van der Waals surface area (Å²) in [7, 11) is 3.14. The van der Waals surface area contributed by atoms with Crippen molar-refractivity contribution in [3.63, 3.8) is 0 Å². The number of nitro benzene ring substituents is 1. The number of nitro groups is 1. The molecule has 0 spiro atoms. The van der Waals surface area contributed by atoms with Gasteiger partial charge in [0.25, 0.3) is 5.69 Å². The third-order valence-electron chi connectivity index (χ3n) is 3.93. The molecule has 0 saturated carbocycles. The van der Waals surface area contributed by atoms with Gasteiger partial charge in [0.1, 0.15) is 11.5 Å². The Hall–Kier alpha value is -3.53. The number of rotatable bonds is 8. The molecule has 0 aliphatic carbocycles. The van der Waals surface area contributed by atoms with Crippen LogP contribution in [0, 0.1) is 10.1 Å². The van der Waals surface area contributed by atoms with Crippen LogP contribution >= 0.6 is 11.8 Å². The van der Waals surface area contributed by atoms with Crippen molar-refractivity contribution in [2.75, 3.05) is 25.3 Å². The molecule has 0 saturated heterocycles. The molecule has 0 aliphatic heterocycles. The number of anilines is 1. The maximum Gasteiger partial charge on any atom is 0.271 e. The maximum absolute atomic E-state index is 12.3. The van der Waals surface area contributed by atoms with Crippen LogP contribution in [0.2, 0.25) is 0 Å². The van der Waals surface area contributed by atoms with Gasteiger partial charge in [0, 0.05) is 36.3 Å². The number of carbonyl (C=O) groups is 1. The number of aromatic nitrogens is 2. The number of benzene rings is 2. The number of carbonyl (C=O) groups excluding carboxylic acids is 1. The second-order valence-corrected chi connectivity index (χ2v) is 6.70. The molecule has 3 aromatic rings. The molecule has 2 aromatic carbocycles. The van der Waals surface area contributed by atoms with Crippen LogP contribution in [0.25, 0.3) is 5.69 Å². The topological polar surface area (TPSA) is 109 Å². The molecule has 10 heteroatoms. The SMILES string of the molecule is COc1ccc(-n2ccnc2SCC(=O)Nc2cccc([N+](=O)[O-])c2)c(OC)c1. The predicted molar refractivity (Wildman–Crippen MR) is 109 cm³/mol. The molecule has 0 unspecified atom stereocenters. The van der Waals surface area contributed by atoms with Gasteiger partial charge >= 0.3 is 0 Å². The molecule has 1 N–H and O–H groups in total. The average Bonchev–Trinajstić information content (AvgIpc) is 3.20. The molecule has 9 nitrogen and oxygen atoms in total. The standard InChI is InChI=1S/C19H18N4O5S/c1-27-15-6-7-16(17(11-15)28-2)22-9-8-20-19(22)29-12-18(24)21-13-4-3-5-14(10-13)23(25)26/h3-11H,12H2,1-2H3,(H,21,24). The highest BCUT2D eigenvalue weighted by molar-refractivity contribution is 7.99. The van der Waals surface area contributed by atoms with Crippen LogP contribution in [0.4, 0.5) is 11.4 Å². The molecule has 0 bridgehead atoms. The number of nitrogens with one attached hydrogen (secondary N) is 1. The van der Waals surface area contributed by atoms with Crippen LogP contribution < -0.4 is 14.8 Å². The summed E-state index contributed by atoms with van der Waals surface area (Å²) in [6.07, 6.45) is 3.40. The summed E-state index contributed by atoms with van der Waals surface area (Å²) in [5, 5.41) is 14.1. The van der Waals surface area contributed by atoms with Gasteiger partial charge in [0.2, 0.25) is 5.91 Å². The molecule has 0 radical (unpaired) electrons. The third-order valence-corrected chi connectivity index (χ3v) is 4.89. The molecule has 1 aromatic heterocycles. The van der Waals surface area contributed by atoms with Crippen LogP contribution in [0.15, 0.2) is 60.0 Å². The van der Waals surface area contributed by atoms with E-state index in [0.29, 0.717) is 22.3 Å². The van der Waals surface area contributed by atoms with Gasteiger partial charge in [-0.2, -0.15) is 0 Å². The minimum atomic E-state index is -0.510. The molecule has 1 amide bonds. The van der Waals surface area contributed by atoms with Crippen molar-refractivity contribution >= 4 is 29.0 Å². The lowest BCUT2D eigenvalue weighted by molar-refractivity contribution is -0.384. The normalized spacial score (nSPS) is 10.4. The number of non-ortho nitro benzene ring substituents is 1. The quantitative estimate of drug-likeness (QED) is 0.341. The highest BCUT2D eigenvalue weighted by atomic mass is 32.2. The van der Waals surface area contributed by atoms with Gasteiger partial charge in [0.15, 0.2) is 5.16 Å². The third kappa shape index (κ3) is 4.85. The van der Waals surface area contributed by atoms with Gasteiger partial charge in [-0.3, -0.25) is 19.5 Å². The lowest BCUT2D eigenvalue weighted by Crippen LogP contribution is -2.14. The fraction of sp³-hybridized carbons (Fsp3) is 0.158. The summed E-state index contributed by atoms with van der Waals surface area (Å²) in [5.41, 5.74) is 1.04. The van der Waals surface area contributed by atoms with Gasteiger partial charge in [0.05, 0.1) is 30.6 Å². The fourth-order valence-electron chi connectivity index (χ4n) is 2.59. The van der Waals surface area contributed by atoms with Crippen molar-refractivity contribution in [1.29, 1.82) is 0 Å². The Bertz CT molecular complexity index is 1040. The van der Waals surface area contributed by atoms with Crippen molar-refractivity contribution in [3.05, 3.63) is 65.0 Å². The van der Waals surface area contributed by atoms with Gasteiger partial charge < -0.3 is 14.8 Å². The first-order chi connectivity index (χ1) is 14.0. The number of imidazole rings is 1. The van der Waals surface area contributed by atoms with Crippen molar-refractivity contribution in [2.45, 2.75) is 5.16 Å². The molecular formula is C19H18N4O5S. The number of nitrogens with zero attached hydrogens (tertiary/aromatic N) is 3. The molecule has 1 heterocycles. The van der Waals surface area contributed by atoms with E-state index in [1.807, 2.05) is 10.6 Å². The molecule has 29 heavy (non-hydrogen) atoms. The number of hydrogen-bond donors (Lipinski definition) is 1. The van der Waals surface area contributed by atoms with Crippen molar-refractivity contribution in [1.82, 2.24) is 9.55 Å². The fourth-order valence-corrected chi connectivity index (χ4v) is 3.35. The Kier molecular flexibility index (Phi) is 6.35. The summed E-state index contributed by atoms with van der Waals surface area (Å²) < 4.78 is 12.5. The number of thioether (sulfide) groups is 1. The zero-order chi connectivity index (χ0) is 20.8. The smallest absolute Gasteiger partial charge is 0.271 e. The van der Waals surface area contributed by atoms with Crippen LogP contribution in [0.5, 0.6) is 11.5 Å². The van der Waals surface area contributed by atoms with Gasteiger partial charge in [-0.15, -0.1) is 0 Å². The van der Waals surface area contributed by atoms with Crippen LogP contribution in [0.3, 0.4) is 0 Å². The van der Waals surface area contributed by atoms with E-state index in [1.54, 1.807) is 44.8 Å². The first kappa shape index (κ1) is 20.2. The molecule has 150 valence electrons. The summed E-state index contributed by atoms with van der Waals surface area (Å²) in [6.45, 7) is 0. The maximum atomic E-state index is 12.3. The summed E-state index contributed by atoms with van der Waals surface area (Å²) in [4.78, 5) is 26.9. The second kappa shape index (κ2) is 9.11. The number of ether oxygens (including phenoxy) is 2. The first-order valence-electron chi connectivity index (χ1n) is 8.44. The molecule has 0 atom stereocenters. The zero-order valence-corrected chi connectivity index (χ0v) is 16.5. The monoisotopic (exact) mass is 414 g/mol. The van der Waals surface area contributed by atoms with E-state index in [-0.39, 0.29) is 17.3 Å². The summed E-state index contributed by atoms with van der Waals surface area (Å²) in [5.74, 6) is 1.05. The van der Waals surface area contributed by atoms with Crippen LogP contribution in [-0.4, -0.2) is 40.4 Å². The number of hydrogen-bond acceptors (Lipinski definition) is 7. The van der Waals surface area contributed by atoms with E-state index in [1.165, 1.54) is 30.0 Å². The van der Waals surface area contributed by atoms with E-state index in [9.17, 15) is 14.9 Å². The molecule has 0 aliphatic rings. The molecule has 0 fully saturated rings. The van der Waals surface area contributed by atoms with Gasteiger partial charge in [-0.05, 0) is 18.2 Å². The van der Waals surface area contributed by atoms with E-state index < -0.39 is 4.92 Å². The largest absolute Gasteiger partial charge is 0.497 e. The Morgan fingerprint density at radius 1 is 1.24 bits per heavy atom. The molecular weight excluding hydrogens is 396 g/mol. The number of methoxy groups -OCH3 is 2. The number of amides is 1. The average molecular weight is 414 g/mol. The highest BCUT2D eigenvalue weighted by Crippen LogP contribution is 2.31. The van der Waals surface area contributed by atoms with Crippen molar-refractivity contribution < 1.29 is 19.2 Å². The van der Waals surface area contributed by atoms with E-state index in [4.69, 9.17) is 9.47 Å². The van der Waals surface area contributed by atoms with Gasteiger partial charge in [-0.25, -0.2) is 4.98 Å². The lowest BCUT2D eigenvalue weighted by atomic mass is 10.2. The zero-order valence-electron chi connectivity index (χ0n) is 15.7. The van der Waals surface area contributed by atoms with Crippen molar-refractivity contribution in [3.8, 4) is 17.2 Å². The van der Waals surface area contributed by atoms with E-state index >= 15 is 0 Å². The van der Waals surface area contributed by atoms with Gasteiger partial charge in [-0.1, -0.05) is 17.8 Å². The summed E-state index contributed by atoms with van der Waals surface area (Å²) >= 11 is 1.23. The van der Waals surface area contributed by atoms with Crippen LogP contribution in [-0.2, 0) is 4.79 Å². The first-order valence-corrected chi connectivity index (χ1v) is 9.43. The van der Waals surface area contributed by atoms with Crippen LogP contribution in [0.1, 0.15) is 0 Å². The van der Waals surface area contributed by atoms with E-state index in [0.717, 1.165) is 5.69 Å². The lowest BCUT2D eigenvalue weighted by Gasteiger charge is -2.13. The Morgan fingerprint density at radius 3 is 2.79 bits per heavy atom. The Balaban J connectivity index is 1.70. The predicted octanol–water partition coefficient (Wildman–Crippen LogP) is 3.53. The summed E-state index contributed by atoms with van der Waals surface area (Å²) in [6, 6.07) is 11.2. The minimum absolute atomic E-state index is 0.0815. The Labute approximate surface area is 170 Å². The molecule has 3 rings (SSSR count). The Morgan fingerprint density at radius 2 is 2.07 bits per heavy atom. The van der Waals surface area contributed by atoms with Crippen molar-refractivity contribution in [2.24, 2.45) is 0 Å².